The molecule has 476 valence electrons. The largest absolute Gasteiger partial charge is 0.455 e. The van der Waals surface area contributed by atoms with Crippen LogP contribution in [0.3, 0.4) is 0 Å². The Kier molecular flexibility index (Phi) is 13.0. The van der Waals surface area contributed by atoms with Gasteiger partial charge in [-0.2, -0.15) is 0 Å². The van der Waals surface area contributed by atoms with E-state index in [9.17, 15) is 0 Å². The third kappa shape index (κ3) is 9.11. The van der Waals surface area contributed by atoms with Crippen LogP contribution >= 0.6 is 22.7 Å². The standard InChI is InChI=1S/C48H31N3S.C45H25N3OS/c1-48(2)39-18-10-8-17-36(39)43-37-24-20-29-26-30(21-23-32(29)42(37)34-15-6-7-16-35(34)44(43)48)46-49-45(28-12-4-3-5-13-28)50-47(51-46)31-22-25-41-38(27-31)33-14-9-11-19-40(33)52-41;1-2-10-26(11-3-1)43-46-44(48-45(47-43)29-20-23-39-36(25-29)31-12-7-9-17-38(31)50-39)28-19-21-30-27(24-28)18-22-35-40(30)32-13-4-5-14-33(32)42-41(35)34-15-6-8-16-37(34)49-42/h3-27H,1-2H3;1-25H. The molecule has 5 heterocycles. The molecule has 1 aliphatic carbocycles. The Morgan fingerprint density at radius 3 is 1.22 bits per heavy atom. The van der Waals surface area contributed by atoms with Gasteiger partial charge >= 0.3 is 0 Å². The first-order valence-electron chi connectivity index (χ1n) is 34.5. The lowest BCUT2D eigenvalue weighted by molar-refractivity contribution is 0.666. The minimum Gasteiger partial charge on any atom is -0.455 e. The van der Waals surface area contributed by atoms with Gasteiger partial charge in [-0.3, -0.25) is 0 Å². The molecule has 9 heteroatoms. The first-order chi connectivity index (χ1) is 50.3. The molecular formula is C93H56N6OS2. The lowest BCUT2D eigenvalue weighted by Gasteiger charge is -2.24. The number of rotatable bonds is 6. The smallest absolute Gasteiger partial charge is 0.164 e. The fourth-order valence-corrected chi connectivity index (χ4v) is 18.4. The van der Waals surface area contributed by atoms with Gasteiger partial charge < -0.3 is 4.42 Å². The summed E-state index contributed by atoms with van der Waals surface area (Å²) in [6.45, 7) is 4.74. The highest BCUT2D eigenvalue weighted by molar-refractivity contribution is 7.26. The molecule has 21 aromatic rings. The van der Waals surface area contributed by atoms with Crippen LogP contribution in [0.5, 0.6) is 0 Å². The van der Waals surface area contributed by atoms with E-state index in [0.29, 0.717) is 34.9 Å². The lowest BCUT2D eigenvalue weighted by Crippen LogP contribution is -2.15. The second-order valence-electron chi connectivity index (χ2n) is 27.1. The number of fused-ring (bicyclic) bond motifs is 26. The van der Waals surface area contributed by atoms with Crippen molar-refractivity contribution in [1.82, 2.24) is 29.9 Å². The number of aromatic nitrogens is 6. The Labute approximate surface area is 593 Å². The maximum Gasteiger partial charge on any atom is 0.164 e. The fourth-order valence-electron chi connectivity index (χ4n) is 16.3. The SMILES string of the molecule is CC1(C)c2ccccc2-c2c1c1ccccc1c1c2ccc2cc(-c3nc(-c4ccccc4)nc(-c4ccc5sc6ccccc6c5c4)n3)ccc21.c1ccc(-c2nc(-c3ccc4c(ccc5c4c4ccccc4c4oc6ccccc6c54)c3)nc(-c3ccc4sc5ccccc5c4c3)n2)cc1. The van der Waals surface area contributed by atoms with Gasteiger partial charge in [0.25, 0.3) is 0 Å². The molecule has 0 N–H and O–H groups in total. The maximum atomic E-state index is 6.48. The quantitative estimate of drug-likeness (QED) is 0.153. The van der Waals surface area contributed by atoms with Crippen molar-refractivity contribution in [1.29, 1.82) is 0 Å². The molecule has 0 bridgehead atoms. The van der Waals surface area contributed by atoms with Gasteiger partial charge in [-0.15, -0.1) is 22.7 Å². The molecule has 0 amide bonds. The average molecular weight is 1340 g/mol. The zero-order valence-electron chi connectivity index (χ0n) is 55.3. The summed E-state index contributed by atoms with van der Waals surface area (Å²) in [5.74, 6) is 3.95. The van der Waals surface area contributed by atoms with Crippen molar-refractivity contribution in [3.8, 4) is 79.5 Å². The van der Waals surface area contributed by atoms with Crippen molar-refractivity contribution in [2.24, 2.45) is 0 Å². The zero-order chi connectivity index (χ0) is 67.3. The first kappa shape index (κ1) is 58.3. The Morgan fingerprint density at radius 1 is 0.265 bits per heavy atom. The summed E-state index contributed by atoms with van der Waals surface area (Å²) in [6.07, 6.45) is 0. The molecule has 0 spiro atoms. The molecule has 102 heavy (non-hydrogen) atoms. The van der Waals surface area contributed by atoms with E-state index in [1.54, 1.807) is 0 Å². The Morgan fingerprint density at radius 2 is 0.657 bits per heavy atom. The van der Waals surface area contributed by atoms with Crippen molar-refractivity contribution in [3.05, 3.63) is 314 Å². The summed E-state index contributed by atoms with van der Waals surface area (Å²) in [6, 6.07) is 108. The van der Waals surface area contributed by atoms with Crippen molar-refractivity contribution >= 4 is 150 Å². The molecule has 7 nitrogen and oxygen atoms in total. The van der Waals surface area contributed by atoms with Gasteiger partial charge in [0.2, 0.25) is 0 Å². The average Bonchev–Trinajstić information content (AvgIpc) is 1.52. The van der Waals surface area contributed by atoms with Crippen LogP contribution in [0, 0.1) is 0 Å². The highest BCUT2D eigenvalue weighted by atomic mass is 32.1. The van der Waals surface area contributed by atoms with Crippen LogP contribution < -0.4 is 0 Å². The second-order valence-corrected chi connectivity index (χ2v) is 29.3. The molecule has 0 radical (unpaired) electrons. The first-order valence-corrected chi connectivity index (χ1v) is 36.1. The van der Waals surface area contributed by atoms with Gasteiger partial charge in [-0.1, -0.05) is 250 Å². The number of para-hydroxylation sites is 1. The Balaban J connectivity index is 0.000000133. The van der Waals surface area contributed by atoms with Crippen LogP contribution in [0.1, 0.15) is 25.0 Å². The van der Waals surface area contributed by atoms with Gasteiger partial charge in [0.1, 0.15) is 11.2 Å². The third-order valence-corrected chi connectivity index (χ3v) is 23.2. The summed E-state index contributed by atoms with van der Waals surface area (Å²) in [5, 5.41) is 21.9. The molecule has 16 aromatic carbocycles. The molecule has 5 aromatic heterocycles. The van der Waals surface area contributed by atoms with Crippen LogP contribution in [0.15, 0.2) is 308 Å². The van der Waals surface area contributed by atoms with Crippen LogP contribution in [-0.4, -0.2) is 29.9 Å². The topological polar surface area (TPSA) is 90.5 Å². The number of benzene rings is 16. The molecule has 0 unspecified atom stereocenters. The van der Waals surface area contributed by atoms with Gasteiger partial charge in [0.15, 0.2) is 34.9 Å². The van der Waals surface area contributed by atoms with Crippen molar-refractivity contribution in [3.63, 3.8) is 0 Å². The molecule has 0 saturated carbocycles. The summed E-state index contributed by atoms with van der Waals surface area (Å²) in [4.78, 5) is 30.5. The highest BCUT2D eigenvalue weighted by Crippen LogP contribution is 2.56. The lowest BCUT2D eigenvalue weighted by atomic mass is 9.79. The van der Waals surface area contributed by atoms with Gasteiger partial charge in [-0.25, -0.2) is 29.9 Å². The molecule has 0 fully saturated rings. The fraction of sp³-hybridized carbons (Fsp3) is 0.0323. The zero-order valence-corrected chi connectivity index (χ0v) is 56.9. The molecule has 1 aliphatic rings. The summed E-state index contributed by atoms with van der Waals surface area (Å²) in [5.41, 5.74) is 13.0. The third-order valence-electron chi connectivity index (χ3n) is 20.9. The van der Waals surface area contributed by atoms with Gasteiger partial charge in [-0.05, 0) is 148 Å². The molecule has 0 aliphatic heterocycles. The van der Waals surface area contributed by atoms with Crippen molar-refractivity contribution in [2.75, 3.05) is 0 Å². The molecule has 22 rings (SSSR count). The van der Waals surface area contributed by atoms with E-state index in [4.69, 9.17) is 34.3 Å². The number of nitrogens with zero attached hydrogens (tertiary/aromatic N) is 6. The predicted molar refractivity (Wildman–Crippen MR) is 428 cm³/mol. The number of hydrogen-bond acceptors (Lipinski definition) is 9. The maximum absolute atomic E-state index is 6.48. The monoisotopic (exact) mass is 1340 g/mol. The van der Waals surface area contributed by atoms with E-state index in [1.165, 1.54) is 111 Å². The number of thiophene rings is 2. The van der Waals surface area contributed by atoms with Crippen molar-refractivity contribution < 1.29 is 4.42 Å². The van der Waals surface area contributed by atoms with Gasteiger partial charge in [0, 0.05) is 95.3 Å². The number of furan rings is 1. The van der Waals surface area contributed by atoms with Crippen LogP contribution in [0.25, 0.3) is 206 Å². The van der Waals surface area contributed by atoms with Crippen molar-refractivity contribution in [2.45, 2.75) is 19.3 Å². The van der Waals surface area contributed by atoms with E-state index in [-0.39, 0.29) is 5.41 Å². The van der Waals surface area contributed by atoms with E-state index in [2.05, 4.69) is 275 Å². The normalized spacial score (nSPS) is 12.7. The van der Waals surface area contributed by atoms with Crippen LogP contribution in [0.2, 0.25) is 0 Å². The van der Waals surface area contributed by atoms with E-state index < -0.39 is 0 Å². The number of hydrogen-bond donors (Lipinski definition) is 0. The van der Waals surface area contributed by atoms with E-state index >= 15 is 0 Å². The molecule has 0 saturated heterocycles. The predicted octanol–water partition coefficient (Wildman–Crippen LogP) is 25.6. The minimum atomic E-state index is -0.0908. The summed E-state index contributed by atoms with van der Waals surface area (Å²) >= 11 is 3.63. The summed E-state index contributed by atoms with van der Waals surface area (Å²) in [7, 11) is 0. The molecule has 0 atom stereocenters. The minimum absolute atomic E-state index is 0.0908. The Bertz CT molecular complexity index is 7120. The highest BCUT2D eigenvalue weighted by Gasteiger charge is 2.38. The van der Waals surface area contributed by atoms with Crippen LogP contribution in [0.4, 0.5) is 0 Å². The second kappa shape index (κ2) is 22.7. The van der Waals surface area contributed by atoms with E-state index in [0.717, 1.165) is 71.5 Å². The summed E-state index contributed by atoms with van der Waals surface area (Å²) < 4.78 is 11.5. The molecular weight excluding hydrogens is 1280 g/mol. The Hall–Kier alpha value is -12.7. The van der Waals surface area contributed by atoms with Gasteiger partial charge in [0.05, 0.1) is 0 Å². The van der Waals surface area contributed by atoms with E-state index in [1.807, 2.05) is 65.1 Å². The van der Waals surface area contributed by atoms with Crippen LogP contribution in [-0.2, 0) is 5.41 Å².